The molecular weight excluding hydrogens is 362 g/mol. The summed E-state index contributed by atoms with van der Waals surface area (Å²) in [7, 11) is 0. The topological polar surface area (TPSA) is 63.2 Å². The number of halogens is 1. The van der Waals surface area contributed by atoms with Gasteiger partial charge in [0, 0.05) is 22.6 Å². The molecule has 138 valence electrons. The second-order valence-corrected chi connectivity index (χ2v) is 6.26. The van der Waals surface area contributed by atoms with Crippen LogP contribution in [0.1, 0.15) is 23.0 Å². The van der Waals surface area contributed by atoms with Crippen molar-refractivity contribution in [2.24, 2.45) is 0 Å². The zero-order valence-corrected chi connectivity index (χ0v) is 15.9. The normalized spacial score (nSPS) is 10.3. The first-order valence-electron chi connectivity index (χ1n) is 8.60. The molecule has 6 heteroatoms. The monoisotopic (exact) mass is 381 g/mol. The molecule has 5 nitrogen and oxygen atoms in total. The van der Waals surface area contributed by atoms with Crippen LogP contribution in [0.25, 0.3) is 0 Å². The maximum Gasteiger partial charge on any atom is 0.274 e. The van der Waals surface area contributed by atoms with Crippen LogP contribution in [-0.2, 0) is 0 Å². The Hall–Kier alpha value is -3.05. The standard InChI is InChI=1S/C21H20ClN3O2/c1-3-27-20-10-5-4-8-18(20)25-21(26)19-13-15(11-12-23-19)24-17-9-6-7-16(22)14(17)2/h4-13H,3H2,1-2H3,(H,23,24)(H,25,26). The number of carbonyl (C=O) groups is 1. The molecule has 0 bridgehead atoms. The lowest BCUT2D eigenvalue weighted by Gasteiger charge is -2.13. The van der Waals surface area contributed by atoms with Crippen LogP contribution in [-0.4, -0.2) is 17.5 Å². The van der Waals surface area contributed by atoms with Crippen molar-refractivity contribution in [3.05, 3.63) is 77.1 Å². The minimum atomic E-state index is -0.311. The smallest absolute Gasteiger partial charge is 0.274 e. The van der Waals surface area contributed by atoms with Crippen molar-refractivity contribution in [3.63, 3.8) is 0 Å². The summed E-state index contributed by atoms with van der Waals surface area (Å²) in [5, 5.41) is 6.80. The molecule has 0 aliphatic rings. The number of pyridine rings is 1. The fourth-order valence-corrected chi connectivity index (χ4v) is 2.74. The average molecular weight is 382 g/mol. The van der Waals surface area contributed by atoms with Gasteiger partial charge < -0.3 is 15.4 Å². The summed E-state index contributed by atoms with van der Waals surface area (Å²) >= 11 is 6.16. The van der Waals surface area contributed by atoms with E-state index in [2.05, 4.69) is 15.6 Å². The predicted molar refractivity (Wildman–Crippen MR) is 109 cm³/mol. The molecular formula is C21H20ClN3O2. The van der Waals surface area contributed by atoms with Crippen molar-refractivity contribution in [1.82, 2.24) is 4.98 Å². The van der Waals surface area contributed by atoms with Crippen molar-refractivity contribution in [1.29, 1.82) is 0 Å². The second-order valence-electron chi connectivity index (χ2n) is 5.85. The van der Waals surface area contributed by atoms with Gasteiger partial charge in [-0.3, -0.25) is 9.78 Å². The molecule has 0 fully saturated rings. The van der Waals surface area contributed by atoms with E-state index >= 15 is 0 Å². The number of ether oxygens (including phenoxy) is 1. The summed E-state index contributed by atoms with van der Waals surface area (Å²) in [6.07, 6.45) is 1.59. The quantitative estimate of drug-likeness (QED) is 0.597. The van der Waals surface area contributed by atoms with Crippen LogP contribution in [0.5, 0.6) is 5.75 Å². The van der Waals surface area contributed by atoms with E-state index in [1.54, 1.807) is 24.4 Å². The van der Waals surface area contributed by atoms with Gasteiger partial charge >= 0.3 is 0 Å². The van der Waals surface area contributed by atoms with Gasteiger partial charge in [-0.25, -0.2) is 0 Å². The number of hydrogen-bond donors (Lipinski definition) is 2. The molecule has 0 aliphatic carbocycles. The highest BCUT2D eigenvalue weighted by Crippen LogP contribution is 2.27. The highest BCUT2D eigenvalue weighted by Gasteiger charge is 2.12. The molecule has 0 atom stereocenters. The van der Waals surface area contributed by atoms with E-state index in [0.717, 1.165) is 16.9 Å². The van der Waals surface area contributed by atoms with Gasteiger partial charge in [-0.15, -0.1) is 0 Å². The van der Waals surface area contributed by atoms with Gasteiger partial charge in [0.1, 0.15) is 11.4 Å². The summed E-state index contributed by atoms with van der Waals surface area (Å²) in [6.45, 7) is 4.35. The Balaban J connectivity index is 1.79. The van der Waals surface area contributed by atoms with Gasteiger partial charge in [-0.05, 0) is 55.8 Å². The minimum absolute atomic E-state index is 0.297. The van der Waals surface area contributed by atoms with E-state index in [1.165, 1.54) is 0 Å². The number of nitrogens with one attached hydrogen (secondary N) is 2. The third-order valence-electron chi connectivity index (χ3n) is 3.97. The third-order valence-corrected chi connectivity index (χ3v) is 4.38. The lowest BCUT2D eigenvalue weighted by Crippen LogP contribution is -2.14. The van der Waals surface area contributed by atoms with E-state index < -0.39 is 0 Å². The largest absolute Gasteiger partial charge is 0.492 e. The molecule has 3 aromatic rings. The zero-order valence-electron chi connectivity index (χ0n) is 15.1. The van der Waals surface area contributed by atoms with Crippen LogP contribution in [0.4, 0.5) is 17.1 Å². The fourth-order valence-electron chi connectivity index (χ4n) is 2.57. The molecule has 27 heavy (non-hydrogen) atoms. The van der Waals surface area contributed by atoms with E-state index in [-0.39, 0.29) is 5.91 Å². The highest BCUT2D eigenvalue weighted by molar-refractivity contribution is 6.31. The van der Waals surface area contributed by atoms with Gasteiger partial charge in [0.15, 0.2) is 0 Å². The number of hydrogen-bond acceptors (Lipinski definition) is 4. The van der Waals surface area contributed by atoms with Crippen LogP contribution in [0, 0.1) is 6.92 Å². The van der Waals surface area contributed by atoms with Crippen molar-refractivity contribution in [3.8, 4) is 5.75 Å². The Morgan fingerprint density at radius 2 is 1.89 bits per heavy atom. The predicted octanol–water partition coefficient (Wildman–Crippen LogP) is 5.44. The number of aromatic nitrogens is 1. The number of carbonyl (C=O) groups excluding carboxylic acids is 1. The van der Waals surface area contributed by atoms with Gasteiger partial charge in [0.25, 0.3) is 5.91 Å². The van der Waals surface area contributed by atoms with E-state index in [0.29, 0.717) is 28.8 Å². The van der Waals surface area contributed by atoms with Crippen molar-refractivity contribution >= 4 is 34.6 Å². The molecule has 0 radical (unpaired) electrons. The maximum atomic E-state index is 12.6. The Morgan fingerprint density at radius 3 is 2.70 bits per heavy atom. The second kappa shape index (κ2) is 8.56. The average Bonchev–Trinajstić information content (AvgIpc) is 2.67. The number of para-hydroxylation sites is 2. The molecule has 0 spiro atoms. The Morgan fingerprint density at radius 1 is 1.11 bits per heavy atom. The van der Waals surface area contributed by atoms with Crippen molar-refractivity contribution in [2.75, 3.05) is 17.2 Å². The minimum Gasteiger partial charge on any atom is -0.492 e. The van der Waals surface area contributed by atoms with Gasteiger partial charge in [0.05, 0.1) is 12.3 Å². The maximum absolute atomic E-state index is 12.6. The number of anilines is 3. The molecule has 2 aromatic carbocycles. The summed E-state index contributed by atoms with van der Waals surface area (Å²) in [5.74, 6) is 0.311. The number of nitrogens with zero attached hydrogens (tertiary/aromatic N) is 1. The molecule has 0 aliphatic heterocycles. The number of rotatable bonds is 6. The van der Waals surface area contributed by atoms with E-state index in [4.69, 9.17) is 16.3 Å². The van der Waals surface area contributed by atoms with Crippen LogP contribution >= 0.6 is 11.6 Å². The lowest BCUT2D eigenvalue weighted by molar-refractivity contribution is 0.102. The first kappa shape index (κ1) is 18.7. The van der Waals surface area contributed by atoms with Crippen LogP contribution in [0.15, 0.2) is 60.8 Å². The Kier molecular flexibility index (Phi) is 5.94. The van der Waals surface area contributed by atoms with Crippen LogP contribution < -0.4 is 15.4 Å². The van der Waals surface area contributed by atoms with Gasteiger partial charge in [-0.2, -0.15) is 0 Å². The summed E-state index contributed by atoms with van der Waals surface area (Å²) in [6, 6.07) is 16.4. The van der Waals surface area contributed by atoms with Crippen LogP contribution in [0.3, 0.4) is 0 Å². The first-order chi connectivity index (χ1) is 13.1. The summed E-state index contributed by atoms with van der Waals surface area (Å²) < 4.78 is 5.54. The van der Waals surface area contributed by atoms with Gasteiger partial charge in [0.2, 0.25) is 0 Å². The lowest BCUT2D eigenvalue weighted by atomic mass is 10.2. The van der Waals surface area contributed by atoms with E-state index in [1.807, 2.05) is 50.2 Å². The molecule has 1 aromatic heterocycles. The summed E-state index contributed by atoms with van der Waals surface area (Å²) in [4.78, 5) is 16.8. The SMILES string of the molecule is CCOc1ccccc1NC(=O)c1cc(Nc2cccc(Cl)c2C)ccn1. The van der Waals surface area contributed by atoms with Gasteiger partial charge in [-0.1, -0.05) is 29.8 Å². The Labute approximate surface area is 163 Å². The fraction of sp³-hybridized carbons (Fsp3) is 0.143. The molecule has 2 N–H and O–H groups in total. The number of benzene rings is 2. The zero-order chi connectivity index (χ0) is 19.2. The highest BCUT2D eigenvalue weighted by atomic mass is 35.5. The van der Waals surface area contributed by atoms with E-state index in [9.17, 15) is 4.79 Å². The molecule has 0 saturated heterocycles. The van der Waals surface area contributed by atoms with Crippen molar-refractivity contribution < 1.29 is 9.53 Å². The number of amides is 1. The Bertz CT molecular complexity index is 960. The molecule has 1 amide bonds. The summed E-state index contributed by atoms with van der Waals surface area (Å²) in [5.41, 5.74) is 3.47. The third kappa shape index (κ3) is 4.57. The first-order valence-corrected chi connectivity index (χ1v) is 8.97. The molecule has 1 heterocycles. The van der Waals surface area contributed by atoms with Crippen molar-refractivity contribution in [2.45, 2.75) is 13.8 Å². The molecule has 0 unspecified atom stereocenters. The molecule has 3 rings (SSSR count). The van der Waals surface area contributed by atoms with Crippen LogP contribution in [0.2, 0.25) is 5.02 Å². The molecule has 0 saturated carbocycles.